The van der Waals surface area contributed by atoms with Crippen molar-refractivity contribution in [1.29, 1.82) is 0 Å². The number of hydrogen-bond donors (Lipinski definition) is 0. The predicted octanol–water partition coefficient (Wildman–Crippen LogP) is 4.42. The molecular formula is C26H23NO5. The molecule has 1 aromatic heterocycles. The van der Waals surface area contributed by atoms with Gasteiger partial charge in [0.1, 0.15) is 18.1 Å². The number of benzene rings is 3. The van der Waals surface area contributed by atoms with Crippen LogP contribution in [0.25, 0.3) is 10.9 Å². The molecule has 0 atom stereocenters. The molecule has 1 heterocycles. The Morgan fingerprint density at radius 3 is 2.31 bits per heavy atom. The van der Waals surface area contributed by atoms with Crippen LogP contribution in [-0.4, -0.2) is 24.8 Å². The quantitative estimate of drug-likeness (QED) is 0.407. The molecule has 0 radical (unpaired) electrons. The summed E-state index contributed by atoms with van der Waals surface area (Å²) >= 11 is 0. The van der Waals surface area contributed by atoms with Gasteiger partial charge < -0.3 is 18.8 Å². The lowest BCUT2D eigenvalue weighted by Gasteiger charge is -2.15. The van der Waals surface area contributed by atoms with Crippen molar-refractivity contribution in [3.05, 3.63) is 106 Å². The normalized spacial score (nSPS) is 10.7. The number of para-hydroxylation sites is 1. The summed E-state index contributed by atoms with van der Waals surface area (Å²) in [6.45, 7) is 0.626. The van der Waals surface area contributed by atoms with Gasteiger partial charge in [-0.3, -0.25) is 4.79 Å². The fraction of sp³-hybridized carbons (Fsp3) is 0.154. The highest BCUT2D eigenvalue weighted by Gasteiger charge is 2.12. The zero-order chi connectivity index (χ0) is 22.5. The number of carbonyl (C=O) groups is 1. The highest BCUT2D eigenvalue weighted by Crippen LogP contribution is 2.24. The van der Waals surface area contributed by atoms with Gasteiger partial charge >= 0.3 is 5.97 Å². The van der Waals surface area contributed by atoms with Crippen molar-refractivity contribution in [3.8, 4) is 11.5 Å². The minimum absolute atomic E-state index is 0.144. The number of rotatable bonds is 7. The molecule has 4 aromatic rings. The zero-order valence-electron chi connectivity index (χ0n) is 17.9. The maximum Gasteiger partial charge on any atom is 0.337 e. The van der Waals surface area contributed by atoms with Crippen LogP contribution >= 0.6 is 0 Å². The summed E-state index contributed by atoms with van der Waals surface area (Å²) in [5, 5.41) is 0.910. The van der Waals surface area contributed by atoms with Crippen LogP contribution in [0.1, 0.15) is 21.5 Å². The van der Waals surface area contributed by atoms with Gasteiger partial charge in [-0.15, -0.1) is 0 Å². The number of aromatic nitrogens is 1. The molecule has 0 aliphatic carbocycles. The van der Waals surface area contributed by atoms with Crippen LogP contribution in [0.15, 0.2) is 83.7 Å². The molecular weight excluding hydrogens is 406 g/mol. The standard InChI is InChI=1S/C26H23NO5/c1-30-22-12-13-23-20(17-32-21-6-4-3-5-7-21)14-25(28)27(24(23)15-22)16-18-8-10-19(11-9-18)26(29)31-2/h3-15H,16-17H2,1-2H3. The molecule has 0 fully saturated rings. The van der Waals surface area contributed by atoms with Crippen molar-refractivity contribution >= 4 is 16.9 Å². The van der Waals surface area contributed by atoms with Gasteiger partial charge in [-0.25, -0.2) is 4.79 Å². The first-order chi connectivity index (χ1) is 15.6. The second kappa shape index (κ2) is 9.39. The Balaban J connectivity index is 1.71. The van der Waals surface area contributed by atoms with Gasteiger partial charge in [0.15, 0.2) is 0 Å². The van der Waals surface area contributed by atoms with E-state index in [1.54, 1.807) is 29.9 Å². The Morgan fingerprint density at radius 2 is 1.62 bits per heavy atom. The van der Waals surface area contributed by atoms with E-state index in [0.29, 0.717) is 17.9 Å². The molecule has 6 heteroatoms. The van der Waals surface area contributed by atoms with E-state index in [0.717, 1.165) is 27.8 Å². The van der Waals surface area contributed by atoms with E-state index in [1.807, 2.05) is 60.7 Å². The first kappa shape index (κ1) is 21.2. The highest BCUT2D eigenvalue weighted by molar-refractivity contribution is 5.89. The van der Waals surface area contributed by atoms with Crippen LogP contribution in [0.4, 0.5) is 0 Å². The lowest BCUT2D eigenvalue weighted by Crippen LogP contribution is -2.22. The number of nitrogens with zero attached hydrogens (tertiary/aromatic N) is 1. The van der Waals surface area contributed by atoms with Gasteiger partial charge in [0.2, 0.25) is 0 Å². The van der Waals surface area contributed by atoms with Crippen molar-refractivity contribution < 1.29 is 19.0 Å². The van der Waals surface area contributed by atoms with E-state index in [1.165, 1.54) is 7.11 Å². The number of hydrogen-bond acceptors (Lipinski definition) is 5. The zero-order valence-corrected chi connectivity index (χ0v) is 17.9. The molecule has 0 aliphatic heterocycles. The number of fused-ring (bicyclic) bond motifs is 1. The third kappa shape index (κ3) is 4.49. The van der Waals surface area contributed by atoms with Gasteiger partial charge in [0.05, 0.1) is 31.8 Å². The Morgan fingerprint density at radius 1 is 0.875 bits per heavy atom. The fourth-order valence-corrected chi connectivity index (χ4v) is 3.56. The lowest BCUT2D eigenvalue weighted by molar-refractivity contribution is 0.0600. The summed E-state index contributed by atoms with van der Waals surface area (Å²) in [7, 11) is 2.94. The topological polar surface area (TPSA) is 66.8 Å². The minimum atomic E-state index is -0.397. The molecule has 6 nitrogen and oxygen atoms in total. The molecule has 0 N–H and O–H groups in total. The second-order valence-electron chi connectivity index (χ2n) is 7.27. The van der Waals surface area contributed by atoms with Crippen LogP contribution in [0.5, 0.6) is 11.5 Å². The SMILES string of the molecule is COC(=O)c1ccc(Cn2c(=O)cc(COc3ccccc3)c3ccc(OC)cc32)cc1. The molecule has 0 bridgehead atoms. The molecule has 0 unspecified atom stereocenters. The summed E-state index contributed by atoms with van der Waals surface area (Å²) < 4.78 is 17.7. The molecule has 3 aromatic carbocycles. The van der Waals surface area contributed by atoms with Crippen molar-refractivity contribution in [1.82, 2.24) is 4.57 Å². The summed E-state index contributed by atoms with van der Waals surface area (Å²) in [5.74, 6) is 1.00. The summed E-state index contributed by atoms with van der Waals surface area (Å²) in [6.07, 6.45) is 0. The number of carbonyl (C=O) groups excluding carboxylic acids is 1. The van der Waals surface area contributed by atoms with Crippen LogP contribution in [0.2, 0.25) is 0 Å². The Kier molecular flexibility index (Phi) is 6.22. The Labute approximate surface area is 185 Å². The number of ether oxygens (including phenoxy) is 3. The summed E-state index contributed by atoms with van der Waals surface area (Å²) in [5.41, 5.74) is 2.75. The third-order valence-electron chi connectivity index (χ3n) is 5.26. The van der Waals surface area contributed by atoms with Gasteiger partial charge in [-0.2, -0.15) is 0 Å². The van der Waals surface area contributed by atoms with E-state index >= 15 is 0 Å². The molecule has 4 rings (SSSR count). The van der Waals surface area contributed by atoms with Crippen LogP contribution < -0.4 is 15.0 Å². The first-order valence-corrected chi connectivity index (χ1v) is 10.1. The average Bonchev–Trinajstić information content (AvgIpc) is 2.84. The number of methoxy groups -OCH3 is 2. The van der Waals surface area contributed by atoms with Crippen LogP contribution in [0.3, 0.4) is 0 Å². The fourth-order valence-electron chi connectivity index (χ4n) is 3.56. The van der Waals surface area contributed by atoms with E-state index in [2.05, 4.69) is 0 Å². The highest BCUT2D eigenvalue weighted by atomic mass is 16.5. The van der Waals surface area contributed by atoms with Crippen molar-refractivity contribution in [2.75, 3.05) is 14.2 Å². The Hall–Kier alpha value is -4.06. The molecule has 0 saturated carbocycles. The minimum Gasteiger partial charge on any atom is -0.497 e. The van der Waals surface area contributed by atoms with Gasteiger partial charge in [0, 0.05) is 23.1 Å². The number of pyridine rings is 1. The van der Waals surface area contributed by atoms with Gasteiger partial charge in [0.25, 0.3) is 5.56 Å². The maximum absolute atomic E-state index is 13.1. The van der Waals surface area contributed by atoms with E-state index in [4.69, 9.17) is 14.2 Å². The average molecular weight is 429 g/mol. The van der Waals surface area contributed by atoms with Gasteiger partial charge in [-0.05, 0) is 42.0 Å². The van der Waals surface area contributed by atoms with Gasteiger partial charge in [-0.1, -0.05) is 30.3 Å². The second-order valence-corrected chi connectivity index (χ2v) is 7.27. The number of esters is 1. The first-order valence-electron chi connectivity index (χ1n) is 10.1. The molecule has 0 aliphatic rings. The van der Waals surface area contributed by atoms with E-state index in [-0.39, 0.29) is 12.2 Å². The Bertz CT molecular complexity index is 1290. The molecule has 32 heavy (non-hydrogen) atoms. The van der Waals surface area contributed by atoms with Crippen molar-refractivity contribution in [3.63, 3.8) is 0 Å². The van der Waals surface area contributed by atoms with Crippen molar-refractivity contribution in [2.24, 2.45) is 0 Å². The molecule has 0 spiro atoms. The molecule has 0 amide bonds. The van der Waals surface area contributed by atoms with Crippen LogP contribution in [-0.2, 0) is 17.9 Å². The molecule has 162 valence electrons. The molecule has 0 saturated heterocycles. The largest absolute Gasteiger partial charge is 0.497 e. The van der Waals surface area contributed by atoms with Crippen LogP contribution in [0, 0.1) is 0 Å². The van der Waals surface area contributed by atoms with E-state index < -0.39 is 5.97 Å². The smallest absolute Gasteiger partial charge is 0.337 e. The van der Waals surface area contributed by atoms with E-state index in [9.17, 15) is 9.59 Å². The monoisotopic (exact) mass is 429 g/mol. The third-order valence-corrected chi connectivity index (χ3v) is 5.26. The predicted molar refractivity (Wildman–Crippen MR) is 122 cm³/mol. The lowest BCUT2D eigenvalue weighted by atomic mass is 10.1. The maximum atomic E-state index is 13.1. The summed E-state index contributed by atoms with van der Waals surface area (Å²) in [6, 6.07) is 23.8. The summed E-state index contributed by atoms with van der Waals surface area (Å²) in [4.78, 5) is 24.8. The van der Waals surface area contributed by atoms with Crippen molar-refractivity contribution in [2.45, 2.75) is 13.2 Å².